The molecule has 0 heterocycles. The summed E-state index contributed by atoms with van der Waals surface area (Å²) in [5, 5.41) is 6.47. The number of rotatable bonds is 9. The van der Waals surface area contributed by atoms with Gasteiger partial charge in [-0.1, -0.05) is 37.1 Å². The molecule has 35 heavy (non-hydrogen) atoms. The smallest absolute Gasteiger partial charge is 0.343 e. The van der Waals surface area contributed by atoms with Crippen LogP contribution in [0.1, 0.15) is 35.7 Å². The molecule has 0 aliphatic heterocycles. The molecule has 0 saturated heterocycles. The molecule has 0 spiro atoms. The number of para-hydroxylation sites is 1. The molecule has 0 bridgehead atoms. The Morgan fingerprint density at radius 2 is 1.60 bits per heavy atom. The molecule has 3 aromatic rings. The highest BCUT2D eigenvalue weighted by molar-refractivity contribution is 6.41. The third-order valence-electron chi connectivity index (χ3n) is 4.66. The van der Waals surface area contributed by atoms with E-state index in [0.717, 1.165) is 12.8 Å². The van der Waals surface area contributed by atoms with Gasteiger partial charge in [-0.25, -0.2) is 10.2 Å². The normalized spacial score (nSPS) is 10.6. The predicted octanol–water partition coefficient (Wildman–Crippen LogP) is 4.83. The minimum atomic E-state index is -0.950. The summed E-state index contributed by atoms with van der Waals surface area (Å²) in [5.74, 6) is -1.31. The van der Waals surface area contributed by atoms with Gasteiger partial charge in [0, 0.05) is 0 Å². The molecule has 2 N–H and O–H groups in total. The van der Waals surface area contributed by atoms with Crippen molar-refractivity contribution in [3.63, 3.8) is 0 Å². The van der Waals surface area contributed by atoms with Crippen molar-refractivity contribution >= 4 is 41.3 Å². The Bertz CT molecular complexity index is 1190. The van der Waals surface area contributed by atoms with Crippen molar-refractivity contribution in [1.82, 2.24) is 5.43 Å². The lowest BCUT2D eigenvalue weighted by atomic mass is 10.2. The van der Waals surface area contributed by atoms with Crippen LogP contribution in [0, 0.1) is 0 Å². The number of anilines is 1. The Hall–Kier alpha value is -4.17. The summed E-state index contributed by atoms with van der Waals surface area (Å²) >= 11 is 5.95. The summed E-state index contributed by atoms with van der Waals surface area (Å²) in [7, 11) is 0. The van der Waals surface area contributed by atoms with E-state index in [2.05, 4.69) is 22.8 Å². The van der Waals surface area contributed by atoms with Gasteiger partial charge in [-0.3, -0.25) is 9.59 Å². The number of nitrogens with zero attached hydrogens (tertiary/aromatic N) is 1. The highest BCUT2D eigenvalue weighted by Crippen LogP contribution is 2.20. The fourth-order valence-corrected chi connectivity index (χ4v) is 2.95. The van der Waals surface area contributed by atoms with Crippen LogP contribution in [0.25, 0.3) is 0 Å². The molecule has 0 fully saturated rings. The second kappa shape index (κ2) is 12.9. The Morgan fingerprint density at radius 3 is 2.29 bits per heavy atom. The Kier molecular flexibility index (Phi) is 9.39. The van der Waals surface area contributed by atoms with Crippen LogP contribution in [-0.4, -0.2) is 30.6 Å². The van der Waals surface area contributed by atoms with Gasteiger partial charge in [-0.15, -0.1) is 0 Å². The van der Waals surface area contributed by atoms with Crippen LogP contribution in [0.4, 0.5) is 5.69 Å². The molecule has 3 rings (SSSR count). The zero-order valence-electron chi connectivity index (χ0n) is 19.0. The summed E-state index contributed by atoms with van der Waals surface area (Å²) in [6.07, 6.45) is 3.37. The number of carbonyl (C=O) groups excluding carboxylic acids is 3. The third kappa shape index (κ3) is 7.97. The second-order valence-electron chi connectivity index (χ2n) is 7.32. The van der Waals surface area contributed by atoms with E-state index in [9.17, 15) is 14.4 Å². The van der Waals surface area contributed by atoms with Crippen molar-refractivity contribution in [2.75, 3.05) is 11.9 Å². The zero-order valence-corrected chi connectivity index (χ0v) is 19.7. The van der Waals surface area contributed by atoms with Gasteiger partial charge in [-0.2, -0.15) is 5.10 Å². The van der Waals surface area contributed by atoms with Crippen molar-refractivity contribution in [3.05, 3.63) is 88.9 Å². The fraction of sp³-hybridized carbons (Fsp3) is 0.154. The first-order valence-electron chi connectivity index (χ1n) is 10.9. The van der Waals surface area contributed by atoms with E-state index in [0.29, 0.717) is 39.9 Å². The molecule has 3 aromatic carbocycles. The van der Waals surface area contributed by atoms with Crippen LogP contribution >= 0.6 is 11.6 Å². The van der Waals surface area contributed by atoms with Gasteiger partial charge >= 0.3 is 17.8 Å². The predicted molar refractivity (Wildman–Crippen MR) is 134 cm³/mol. The highest BCUT2D eigenvalue weighted by atomic mass is 35.5. The molecule has 0 unspecified atom stereocenters. The summed E-state index contributed by atoms with van der Waals surface area (Å²) in [6, 6.07) is 19.8. The first-order chi connectivity index (χ1) is 17.0. The van der Waals surface area contributed by atoms with Gasteiger partial charge in [0.15, 0.2) is 0 Å². The Morgan fingerprint density at radius 1 is 0.914 bits per heavy atom. The standard InChI is InChI=1S/C26H24ClN3O5/c1-2-3-16-34-20-14-10-19(11-15-20)26(33)35-21-12-8-18(9-13-21)17-28-30-25(32)24(31)29-23-7-5-4-6-22(23)27/h4-15,17H,2-3,16H2,1H3,(H,29,31)(H,30,32). The maximum Gasteiger partial charge on any atom is 0.343 e. The van der Waals surface area contributed by atoms with E-state index in [4.69, 9.17) is 21.1 Å². The number of esters is 1. The quantitative estimate of drug-likeness (QED) is 0.111. The average molecular weight is 494 g/mol. The summed E-state index contributed by atoms with van der Waals surface area (Å²) in [4.78, 5) is 36.2. The molecule has 0 aliphatic carbocycles. The molecular formula is C26H24ClN3O5. The number of hydrogen-bond donors (Lipinski definition) is 2. The molecule has 9 heteroatoms. The van der Waals surface area contributed by atoms with Gasteiger partial charge in [-0.05, 0) is 72.6 Å². The van der Waals surface area contributed by atoms with E-state index in [1.54, 1.807) is 72.8 Å². The number of carbonyl (C=O) groups is 3. The van der Waals surface area contributed by atoms with Gasteiger partial charge < -0.3 is 14.8 Å². The van der Waals surface area contributed by atoms with Crippen molar-refractivity contribution in [1.29, 1.82) is 0 Å². The summed E-state index contributed by atoms with van der Waals surface area (Å²) < 4.78 is 11.0. The van der Waals surface area contributed by atoms with E-state index in [1.165, 1.54) is 6.21 Å². The van der Waals surface area contributed by atoms with Crippen LogP contribution in [0.15, 0.2) is 77.9 Å². The van der Waals surface area contributed by atoms with Gasteiger partial charge in [0.2, 0.25) is 0 Å². The minimum Gasteiger partial charge on any atom is -0.494 e. The second-order valence-corrected chi connectivity index (χ2v) is 7.73. The van der Waals surface area contributed by atoms with Crippen molar-refractivity contribution in [3.8, 4) is 11.5 Å². The van der Waals surface area contributed by atoms with Crippen molar-refractivity contribution in [2.45, 2.75) is 19.8 Å². The summed E-state index contributed by atoms with van der Waals surface area (Å²) in [6.45, 7) is 2.72. The first-order valence-corrected chi connectivity index (χ1v) is 11.3. The van der Waals surface area contributed by atoms with Crippen LogP contribution in [-0.2, 0) is 9.59 Å². The number of amides is 2. The Labute approximate surface area is 207 Å². The van der Waals surface area contributed by atoms with Crippen LogP contribution in [0.2, 0.25) is 5.02 Å². The molecule has 8 nitrogen and oxygen atoms in total. The number of benzene rings is 3. The molecule has 0 aliphatic rings. The molecule has 2 amide bonds. The van der Waals surface area contributed by atoms with E-state index in [1.807, 2.05) is 0 Å². The number of hydrogen-bond acceptors (Lipinski definition) is 6. The van der Waals surface area contributed by atoms with Gasteiger partial charge in [0.1, 0.15) is 11.5 Å². The van der Waals surface area contributed by atoms with E-state index < -0.39 is 17.8 Å². The number of ether oxygens (including phenoxy) is 2. The average Bonchev–Trinajstić information content (AvgIpc) is 2.87. The molecule has 0 aromatic heterocycles. The molecule has 0 saturated carbocycles. The lowest BCUT2D eigenvalue weighted by Gasteiger charge is -2.07. The highest BCUT2D eigenvalue weighted by Gasteiger charge is 2.14. The fourth-order valence-electron chi connectivity index (χ4n) is 2.77. The minimum absolute atomic E-state index is 0.311. The van der Waals surface area contributed by atoms with Gasteiger partial charge in [0.25, 0.3) is 0 Å². The number of unbranched alkanes of at least 4 members (excludes halogenated alkanes) is 1. The zero-order chi connectivity index (χ0) is 25.0. The van der Waals surface area contributed by atoms with Crippen LogP contribution < -0.4 is 20.2 Å². The van der Waals surface area contributed by atoms with E-state index in [-0.39, 0.29) is 0 Å². The lowest BCUT2D eigenvalue weighted by molar-refractivity contribution is -0.136. The largest absolute Gasteiger partial charge is 0.494 e. The van der Waals surface area contributed by atoms with E-state index >= 15 is 0 Å². The van der Waals surface area contributed by atoms with Crippen molar-refractivity contribution < 1.29 is 23.9 Å². The maximum absolute atomic E-state index is 12.4. The number of hydrazone groups is 1. The SMILES string of the molecule is CCCCOc1ccc(C(=O)Oc2ccc(C=NNC(=O)C(=O)Nc3ccccc3Cl)cc2)cc1. The molecular weight excluding hydrogens is 470 g/mol. The first kappa shape index (κ1) is 25.5. The summed E-state index contributed by atoms with van der Waals surface area (Å²) in [5.41, 5.74) is 3.47. The monoisotopic (exact) mass is 493 g/mol. The third-order valence-corrected chi connectivity index (χ3v) is 4.98. The molecule has 180 valence electrons. The van der Waals surface area contributed by atoms with Gasteiger partial charge in [0.05, 0.1) is 29.1 Å². The van der Waals surface area contributed by atoms with Crippen LogP contribution in [0.5, 0.6) is 11.5 Å². The molecule has 0 radical (unpaired) electrons. The lowest BCUT2D eigenvalue weighted by Crippen LogP contribution is -2.32. The van der Waals surface area contributed by atoms with Crippen LogP contribution in [0.3, 0.4) is 0 Å². The van der Waals surface area contributed by atoms with Crippen molar-refractivity contribution in [2.24, 2.45) is 5.10 Å². The maximum atomic E-state index is 12.4. The number of nitrogens with one attached hydrogen (secondary N) is 2. The topological polar surface area (TPSA) is 106 Å². The Balaban J connectivity index is 1.47. The number of halogens is 1. The molecule has 0 atom stereocenters.